The van der Waals surface area contributed by atoms with Gasteiger partial charge < -0.3 is 15.1 Å². The van der Waals surface area contributed by atoms with Crippen molar-refractivity contribution in [1.82, 2.24) is 0 Å². The van der Waals surface area contributed by atoms with E-state index in [1.54, 1.807) is 0 Å². The van der Waals surface area contributed by atoms with Crippen LogP contribution in [-0.2, 0) is 0 Å². The third-order valence-corrected chi connectivity index (χ3v) is 8.51. The Morgan fingerprint density at radius 1 is 0.580 bits per heavy atom. The van der Waals surface area contributed by atoms with Gasteiger partial charge in [0.05, 0.1) is 17.6 Å². The van der Waals surface area contributed by atoms with E-state index in [0.29, 0.717) is 0 Å². The van der Waals surface area contributed by atoms with Crippen molar-refractivity contribution >= 4 is 61.7 Å². The van der Waals surface area contributed by atoms with E-state index in [9.17, 15) is 0 Å². The molecule has 50 heavy (non-hydrogen) atoms. The normalized spacial score (nSPS) is 11.4. The van der Waals surface area contributed by atoms with Crippen LogP contribution >= 0.6 is 0 Å². The molecule has 0 aliphatic rings. The van der Waals surface area contributed by atoms with Gasteiger partial charge in [-0.2, -0.15) is 0 Å². The van der Waals surface area contributed by atoms with E-state index in [1.165, 1.54) is 21.9 Å². The fourth-order valence-electron chi connectivity index (χ4n) is 5.87. The van der Waals surface area contributed by atoms with Crippen LogP contribution in [0.2, 0.25) is 0 Å². The number of furan rings is 1. The minimum Gasteiger partial charge on any atom is -0.456 e. The lowest BCUT2D eigenvalue weighted by Crippen LogP contribution is -2.01. The topological polar surface area (TPSA) is 49.6 Å². The molecule has 0 fully saturated rings. The summed E-state index contributed by atoms with van der Waals surface area (Å²) in [5, 5.41) is 11.6. The molecular weight excluding hydrogens is 611 g/mol. The summed E-state index contributed by atoms with van der Waals surface area (Å²) in [7, 11) is 0. The van der Waals surface area contributed by atoms with Gasteiger partial charge in [0, 0.05) is 39.3 Å². The average Bonchev–Trinajstić information content (AvgIpc) is 3.55. The summed E-state index contributed by atoms with van der Waals surface area (Å²) in [6.45, 7) is 6.03. The van der Waals surface area contributed by atoms with E-state index in [0.717, 1.165) is 56.0 Å². The van der Waals surface area contributed by atoms with E-state index < -0.39 is 0 Å². The Balaban J connectivity index is 0.000000157. The molecule has 0 aliphatic heterocycles. The minimum atomic E-state index is 0.745. The van der Waals surface area contributed by atoms with Crippen molar-refractivity contribution in [2.45, 2.75) is 6.92 Å². The molecule has 0 aliphatic carbocycles. The molecule has 0 amide bonds. The Hall–Kier alpha value is -6.65. The fourth-order valence-corrected chi connectivity index (χ4v) is 5.87. The summed E-state index contributed by atoms with van der Waals surface area (Å²) in [4.78, 5) is 4.49. The first kappa shape index (κ1) is 31.9. The maximum atomic E-state index is 5.97. The van der Waals surface area contributed by atoms with Crippen LogP contribution in [0.15, 0.2) is 198 Å². The van der Waals surface area contributed by atoms with Crippen molar-refractivity contribution in [1.29, 1.82) is 0 Å². The Morgan fingerprint density at radius 2 is 1.20 bits per heavy atom. The lowest BCUT2D eigenvalue weighted by molar-refractivity contribution is 0.669. The number of anilines is 3. The summed E-state index contributed by atoms with van der Waals surface area (Å²) >= 11 is 0. The van der Waals surface area contributed by atoms with Crippen LogP contribution in [0.5, 0.6) is 0 Å². The van der Waals surface area contributed by atoms with Gasteiger partial charge in [-0.1, -0.05) is 140 Å². The van der Waals surface area contributed by atoms with Crippen LogP contribution in [-0.4, -0.2) is 6.21 Å². The molecule has 0 spiro atoms. The Morgan fingerprint density at radius 3 is 1.98 bits per heavy atom. The second-order valence-electron chi connectivity index (χ2n) is 11.8. The number of hydrogen-bond donors (Lipinski definition) is 2. The highest BCUT2D eigenvalue weighted by Crippen LogP contribution is 2.32. The SMILES string of the molecule is C=C(N=C/C(=C\C)Nc1cccc2ccccc12)c1ccccc1.c1ccc(-c2ccc(Nc3ccc4c(c3)oc3ccccc34)cc2)cc1. The zero-order valence-electron chi connectivity index (χ0n) is 27.9. The molecule has 4 heteroatoms. The Kier molecular flexibility index (Phi) is 9.61. The molecule has 4 nitrogen and oxygen atoms in total. The number of nitrogens with zero attached hydrogens (tertiary/aromatic N) is 1. The van der Waals surface area contributed by atoms with Crippen molar-refractivity contribution < 1.29 is 4.42 Å². The first-order valence-electron chi connectivity index (χ1n) is 16.7. The molecule has 0 atom stereocenters. The third-order valence-electron chi connectivity index (χ3n) is 8.51. The van der Waals surface area contributed by atoms with Gasteiger partial charge in [-0.05, 0) is 65.4 Å². The van der Waals surface area contributed by atoms with Crippen molar-refractivity contribution in [3.8, 4) is 11.1 Å². The maximum absolute atomic E-state index is 5.97. The average molecular weight is 648 g/mol. The lowest BCUT2D eigenvalue weighted by Gasteiger charge is -2.10. The molecule has 0 radical (unpaired) electrons. The van der Waals surface area contributed by atoms with E-state index in [2.05, 4.69) is 125 Å². The summed E-state index contributed by atoms with van der Waals surface area (Å²) in [5.41, 5.74) is 10.1. The maximum Gasteiger partial charge on any atom is 0.137 e. The zero-order valence-corrected chi connectivity index (χ0v) is 27.9. The number of benzene rings is 7. The third kappa shape index (κ3) is 7.40. The van der Waals surface area contributed by atoms with E-state index >= 15 is 0 Å². The van der Waals surface area contributed by atoms with Gasteiger partial charge in [-0.15, -0.1) is 0 Å². The van der Waals surface area contributed by atoms with Gasteiger partial charge in [-0.25, -0.2) is 0 Å². The van der Waals surface area contributed by atoms with E-state index in [1.807, 2.05) is 85.9 Å². The van der Waals surface area contributed by atoms with E-state index in [4.69, 9.17) is 4.42 Å². The molecule has 0 saturated carbocycles. The molecule has 0 unspecified atom stereocenters. The summed E-state index contributed by atoms with van der Waals surface area (Å²) < 4.78 is 5.97. The van der Waals surface area contributed by atoms with Crippen LogP contribution in [0, 0.1) is 0 Å². The molecule has 0 saturated heterocycles. The number of allylic oxidation sites excluding steroid dienone is 2. The van der Waals surface area contributed by atoms with Gasteiger partial charge in [0.2, 0.25) is 0 Å². The van der Waals surface area contributed by atoms with Crippen LogP contribution in [0.4, 0.5) is 17.1 Å². The first-order valence-corrected chi connectivity index (χ1v) is 16.7. The first-order chi connectivity index (χ1) is 24.6. The lowest BCUT2D eigenvalue weighted by atomic mass is 10.1. The zero-order chi connectivity index (χ0) is 34.1. The second kappa shape index (κ2) is 15.1. The van der Waals surface area contributed by atoms with Crippen LogP contribution in [0.25, 0.3) is 49.5 Å². The quantitative estimate of drug-likeness (QED) is 0.161. The minimum absolute atomic E-state index is 0.745. The number of fused-ring (bicyclic) bond motifs is 4. The van der Waals surface area contributed by atoms with Gasteiger partial charge in [-0.3, -0.25) is 4.99 Å². The van der Waals surface area contributed by atoms with Crippen molar-refractivity contribution in [3.63, 3.8) is 0 Å². The smallest absolute Gasteiger partial charge is 0.137 e. The number of aliphatic imine (C=N–C) groups is 1. The predicted molar refractivity (Wildman–Crippen MR) is 214 cm³/mol. The molecule has 1 heterocycles. The summed E-state index contributed by atoms with van der Waals surface area (Å²) in [6, 6.07) is 57.8. The molecule has 8 rings (SSSR count). The molecule has 242 valence electrons. The van der Waals surface area contributed by atoms with Crippen LogP contribution in [0.3, 0.4) is 0 Å². The molecule has 0 bridgehead atoms. The largest absolute Gasteiger partial charge is 0.456 e. The van der Waals surface area contributed by atoms with Crippen molar-refractivity contribution in [2.24, 2.45) is 4.99 Å². The Bertz CT molecular complexity index is 2440. The van der Waals surface area contributed by atoms with Crippen LogP contribution in [0.1, 0.15) is 12.5 Å². The fraction of sp³-hybridized carbons (Fsp3) is 0.0217. The summed E-state index contributed by atoms with van der Waals surface area (Å²) in [6.07, 6.45) is 3.82. The number of rotatable bonds is 8. The standard InChI is InChI=1S/C24H17NO.C22H20N2/c1-2-6-17(7-3-1)18-10-12-19(13-11-18)25-20-14-15-22-21-8-4-5-9-23(21)26-24(22)16-20;1-3-20(16-23-17(2)18-10-5-4-6-11-18)24-22-15-9-13-19-12-7-8-14-21(19)22/h1-16,25H;3-16,24H,2H2,1H3/b;20-3+,23-16?. The Labute approximate surface area is 292 Å². The molecule has 2 N–H and O–H groups in total. The monoisotopic (exact) mass is 647 g/mol. The molecule has 1 aromatic heterocycles. The van der Waals surface area contributed by atoms with Gasteiger partial charge in [0.1, 0.15) is 11.2 Å². The molecule has 7 aromatic carbocycles. The molecule has 8 aromatic rings. The van der Waals surface area contributed by atoms with Gasteiger partial charge >= 0.3 is 0 Å². The predicted octanol–water partition coefficient (Wildman–Crippen LogP) is 12.9. The highest BCUT2D eigenvalue weighted by atomic mass is 16.3. The van der Waals surface area contributed by atoms with Crippen molar-refractivity contribution in [3.05, 3.63) is 194 Å². The highest BCUT2D eigenvalue weighted by Gasteiger charge is 2.07. The van der Waals surface area contributed by atoms with Gasteiger partial charge in [0.15, 0.2) is 0 Å². The molecular formula is C46H37N3O. The highest BCUT2D eigenvalue weighted by molar-refractivity contribution is 6.05. The summed E-state index contributed by atoms with van der Waals surface area (Å²) in [5.74, 6) is 0. The van der Waals surface area contributed by atoms with Crippen LogP contribution < -0.4 is 10.6 Å². The number of hydrogen-bond acceptors (Lipinski definition) is 4. The number of para-hydroxylation sites is 1. The van der Waals surface area contributed by atoms with Gasteiger partial charge in [0.25, 0.3) is 0 Å². The number of nitrogens with one attached hydrogen (secondary N) is 2. The van der Waals surface area contributed by atoms with E-state index in [-0.39, 0.29) is 0 Å². The van der Waals surface area contributed by atoms with Crippen molar-refractivity contribution in [2.75, 3.05) is 10.6 Å². The second-order valence-corrected chi connectivity index (χ2v) is 11.8.